The second kappa shape index (κ2) is 13.6. The van der Waals surface area contributed by atoms with Gasteiger partial charge in [-0.15, -0.1) is 0 Å². The summed E-state index contributed by atoms with van der Waals surface area (Å²) in [5.41, 5.74) is 5.18. The van der Waals surface area contributed by atoms with Crippen molar-refractivity contribution in [1.29, 1.82) is 0 Å². The molecule has 3 aromatic rings. The molecule has 1 amide bonds. The van der Waals surface area contributed by atoms with E-state index in [9.17, 15) is 9.90 Å². The normalized spacial score (nSPS) is 15.7. The molecule has 0 bridgehead atoms. The quantitative estimate of drug-likeness (QED) is 0.219. The first kappa shape index (κ1) is 35.8. The van der Waals surface area contributed by atoms with Crippen molar-refractivity contribution in [3.8, 4) is 17.2 Å². The van der Waals surface area contributed by atoms with Gasteiger partial charge in [-0.3, -0.25) is 4.79 Å². The number of rotatable bonds is 10. The molecule has 0 aliphatic heterocycles. The SMILES string of the molecule is COc1ccc(C2CCc3cc(O[Si](C)(C)C(C)(C)C)ccc3C2)c(N(CCO[Si](C)(C)C(C)(C)C)C(=O)c2ccc(O)cc2)c1. The van der Waals surface area contributed by atoms with Crippen molar-refractivity contribution in [1.82, 2.24) is 0 Å². The van der Waals surface area contributed by atoms with Crippen LogP contribution in [0.15, 0.2) is 60.7 Å². The number of fused-ring (bicyclic) bond motifs is 1. The van der Waals surface area contributed by atoms with Crippen LogP contribution >= 0.6 is 0 Å². The number of phenolic OH excluding ortho intramolecular Hbond substituents is 1. The van der Waals surface area contributed by atoms with Gasteiger partial charge in [0.2, 0.25) is 8.32 Å². The molecule has 46 heavy (non-hydrogen) atoms. The van der Waals surface area contributed by atoms with Crippen molar-refractivity contribution < 1.29 is 23.5 Å². The van der Waals surface area contributed by atoms with Crippen molar-refractivity contribution >= 4 is 28.2 Å². The topological polar surface area (TPSA) is 68.2 Å². The Bertz CT molecular complexity index is 1520. The third kappa shape index (κ3) is 8.07. The zero-order chi connectivity index (χ0) is 34.1. The van der Waals surface area contributed by atoms with Crippen LogP contribution < -0.4 is 14.1 Å². The Morgan fingerprint density at radius 2 is 1.48 bits per heavy atom. The summed E-state index contributed by atoms with van der Waals surface area (Å²) in [5, 5.41) is 10.1. The van der Waals surface area contributed by atoms with Gasteiger partial charge in [0, 0.05) is 18.2 Å². The average molecular weight is 662 g/mol. The van der Waals surface area contributed by atoms with E-state index in [4.69, 9.17) is 13.6 Å². The van der Waals surface area contributed by atoms with Crippen molar-refractivity contribution in [3.05, 3.63) is 82.9 Å². The number of phenols is 1. The summed E-state index contributed by atoms with van der Waals surface area (Å²) < 4.78 is 18.9. The number of benzene rings is 3. The Hall–Kier alpha value is -3.08. The molecule has 0 saturated heterocycles. The molecule has 8 heteroatoms. The molecule has 6 nitrogen and oxygen atoms in total. The van der Waals surface area contributed by atoms with Gasteiger partial charge < -0.3 is 23.6 Å². The predicted octanol–water partition coefficient (Wildman–Crippen LogP) is 9.73. The number of anilines is 1. The molecule has 250 valence electrons. The van der Waals surface area contributed by atoms with Crippen molar-refractivity contribution in [2.24, 2.45) is 0 Å². The number of hydrogen-bond donors (Lipinski definition) is 1. The first-order chi connectivity index (χ1) is 21.3. The van der Waals surface area contributed by atoms with E-state index in [1.54, 1.807) is 31.4 Å². The number of nitrogens with zero attached hydrogens (tertiary/aromatic N) is 1. The molecule has 0 heterocycles. The van der Waals surface area contributed by atoms with Crippen LogP contribution in [0.1, 0.15) is 80.9 Å². The summed E-state index contributed by atoms with van der Waals surface area (Å²) in [5.74, 6) is 1.91. The maximum Gasteiger partial charge on any atom is 0.258 e. The van der Waals surface area contributed by atoms with Gasteiger partial charge in [-0.1, -0.05) is 53.7 Å². The van der Waals surface area contributed by atoms with Crippen molar-refractivity contribution in [2.75, 3.05) is 25.2 Å². The number of aryl methyl sites for hydroxylation is 1. The second-order valence-corrected chi connectivity index (χ2v) is 25.3. The first-order valence-electron chi connectivity index (χ1n) is 16.6. The summed E-state index contributed by atoms with van der Waals surface area (Å²) in [6, 6.07) is 19.2. The largest absolute Gasteiger partial charge is 0.543 e. The van der Waals surface area contributed by atoms with E-state index < -0.39 is 16.6 Å². The lowest BCUT2D eigenvalue weighted by molar-refractivity contribution is 0.0981. The van der Waals surface area contributed by atoms with E-state index in [0.29, 0.717) is 24.5 Å². The fraction of sp³-hybridized carbons (Fsp3) is 0.500. The average Bonchev–Trinajstić information content (AvgIpc) is 2.97. The van der Waals surface area contributed by atoms with E-state index in [1.165, 1.54) is 11.1 Å². The molecule has 4 rings (SSSR count). The van der Waals surface area contributed by atoms with Crippen LogP contribution in [-0.4, -0.2) is 47.9 Å². The van der Waals surface area contributed by atoms with Crippen molar-refractivity contribution in [3.63, 3.8) is 0 Å². The van der Waals surface area contributed by atoms with Crippen LogP contribution in [0.2, 0.25) is 36.3 Å². The molecule has 0 aromatic heterocycles. The zero-order valence-corrected chi connectivity index (χ0v) is 31.9. The molecule has 0 spiro atoms. The lowest BCUT2D eigenvalue weighted by Crippen LogP contribution is -2.44. The summed E-state index contributed by atoms with van der Waals surface area (Å²) in [4.78, 5) is 16.1. The van der Waals surface area contributed by atoms with Gasteiger partial charge in [-0.2, -0.15) is 0 Å². The molecule has 1 N–H and O–H groups in total. The highest BCUT2D eigenvalue weighted by atomic mass is 28.4. The minimum atomic E-state index is -2.03. The van der Waals surface area contributed by atoms with E-state index >= 15 is 0 Å². The van der Waals surface area contributed by atoms with E-state index in [0.717, 1.165) is 36.3 Å². The number of hydrogen-bond acceptors (Lipinski definition) is 5. The molecule has 3 aromatic carbocycles. The van der Waals surface area contributed by atoms with Gasteiger partial charge in [0.05, 0.1) is 19.4 Å². The third-order valence-electron chi connectivity index (χ3n) is 10.5. The minimum absolute atomic E-state index is 0.0605. The van der Waals surface area contributed by atoms with E-state index in [2.05, 4.69) is 92.0 Å². The lowest BCUT2D eigenvalue weighted by Gasteiger charge is -2.37. The molecular formula is C38H55NO5Si2. The number of methoxy groups -OCH3 is 1. The molecule has 1 atom stereocenters. The highest BCUT2D eigenvalue weighted by Crippen LogP contribution is 2.42. The molecular weight excluding hydrogens is 607 g/mol. The maximum atomic E-state index is 14.2. The van der Waals surface area contributed by atoms with Gasteiger partial charge in [0.15, 0.2) is 8.32 Å². The second-order valence-electron chi connectivity index (χ2n) is 15.8. The van der Waals surface area contributed by atoms with Crippen LogP contribution in [0.25, 0.3) is 0 Å². The number of ether oxygens (including phenoxy) is 1. The number of carbonyl (C=O) groups is 1. The highest BCUT2D eigenvalue weighted by Gasteiger charge is 2.39. The number of amides is 1. The van der Waals surface area contributed by atoms with Gasteiger partial charge in [-0.25, -0.2) is 0 Å². The Labute approximate surface area is 279 Å². The molecule has 0 radical (unpaired) electrons. The fourth-order valence-electron chi connectivity index (χ4n) is 5.44. The standard InChI is InChI=1S/C38H55NO5Si2/c1-37(2,3)45(8,9)43-23-22-39(36(41)27-14-17-31(40)18-15-27)35-26-32(42-7)20-21-34(35)30-13-12-29-25-33(19-16-28(29)24-30)44-46(10,11)38(4,5)6/h14-21,25-26,30,40H,12-13,22-24H2,1-11H3. The Balaban J connectivity index is 1.68. The predicted molar refractivity (Wildman–Crippen MR) is 195 cm³/mol. The summed E-state index contributed by atoms with van der Waals surface area (Å²) in [7, 11) is -2.31. The van der Waals surface area contributed by atoms with E-state index in [1.807, 2.05) is 17.0 Å². The summed E-state index contributed by atoms with van der Waals surface area (Å²) in [6.45, 7) is 23.4. The van der Waals surface area contributed by atoms with Gasteiger partial charge >= 0.3 is 0 Å². The van der Waals surface area contributed by atoms with Gasteiger partial charge in [0.1, 0.15) is 17.2 Å². The van der Waals surface area contributed by atoms with Crippen LogP contribution in [0.3, 0.4) is 0 Å². The summed E-state index contributed by atoms with van der Waals surface area (Å²) >= 11 is 0. The van der Waals surface area contributed by atoms with Gasteiger partial charge in [-0.05, 0) is 121 Å². The lowest BCUT2D eigenvalue weighted by atomic mass is 9.79. The van der Waals surface area contributed by atoms with E-state index in [-0.39, 0.29) is 27.7 Å². The molecule has 0 fully saturated rings. The van der Waals surface area contributed by atoms with Gasteiger partial charge in [0.25, 0.3) is 5.91 Å². The van der Waals surface area contributed by atoms with Crippen LogP contribution in [0.5, 0.6) is 17.2 Å². The monoisotopic (exact) mass is 661 g/mol. The zero-order valence-electron chi connectivity index (χ0n) is 29.9. The minimum Gasteiger partial charge on any atom is -0.543 e. The summed E-state index contributed by atoms with van der Waals surface area (Å²) in [6.07, 6.45) is 2.80. The first-order valence-corrected chi connectivity index (χ1v) is 22.4. The Morgan fingerprint density at radius 1 is 0.848 bits per heavy atom. The Morgan fingerprint density at radius 3 is 2.09 bits per heavy atom. The molecule has 1 unspecified atom stereocenters. The van der Waals surface area contributed by atoms with Crippen LogP contribution in [0.4, 0.5) is 5.69 Å². The van der Waals surface area contributed by atoms with Crippen molar-refractivity contribution in [2.45, 2.75) is 103 Å². The third-order valence-corrected chi connectivity index (χ3v) is 19.4. The molecule has 0 saturated carbocycles. The maximum absolute atomic E-state index is 14.2. The van der Waals surface area contributed by atoms with Crippen LogP contribution in [0, 0.1) is 0 Å². The Kier molecular flexibility index (Phi) is 10.6. The van der Waals surface area contributed by atoms with Crippen LogP contribution in [-0.2, 0) is 17.3 Å². The highest BCUT2D eigenvalue weighted by molar-refractivity contribution is 6.75. The number of carbonyl (C=O) groups excluding carboxylic acids is 1. The molecule has 1 aliphatic carbocycles. The fourth-order valence-corrected chi connectivity index (χ4v) is 7.49. The number of aromatic hydroxyl groups is 1. The smallest absolute Gasteiger partial charge is 0.258 e. The molecule has 1 aliphatic rings.